The van der Waals surface area contributed by atoms with E-state index in [4.69, 9.17) is 11.6 Å². The number of nitrogens with zero attached hydrogens (tertiary/aromatic N) is 2. The highest BCUT2D eigenvalue weighted by Gasteiger charge is 2.31. The SMILES string of the molecule is CCN(C(=O)CCNc1ncc(C(F)(F)F)cc1Cl)c1ccc(F)cc1. The lowest BCUT2D eigenvalue weighted by atomic mass is 10.2. The Balaban J connectivity index is 1.96. The minimum Gasteiger partial charge on any atom is -0.368 e. The fourth-order valence-electron chi connectivity index (χ4n) is 2.27. The second-order valence-corrected chi connectivity index (χ2v) is 5.75. The van der Waals surface area contributed by atoms with Gasteiger partial charge in [0.05, 0.1) is 10.6 Å². The van der Waals surface area contributed by atoms with E-state index in [1.165, 1.54) is 29.2 Å². The third-order valence-electron chi connectivity index (χ3n) is 3.56. The average Bonchev–Trinajstić information content (AvgIpc) is 2.57. The Kier molecular flexibility index (Phi) is 6.42. The Morgan fingerprint density at radius 3 is 2.46 bits per heavy atom. The number of nitrogens with one attached hydrogen (secondary N) is 1. The third-order valence-corrected chi connectivity index (χ3v) is 3.84. The molecule has 0 atom stereocenters. The molecule has 2 rings (SSSR count). The number of hydrogen-bond acceptors (Lipinski definition) is 3. The number of benzene rings is 1. The molecule has 1 aromatic carbocycles. The molecule has 0 spiro atoms. The van der Waals surface area contributed by atoms with Crippen molar-refractivity contribution in [3.63, 3.8) is 0 Å². The monoisotopic (exact) mass is 389 g/mol. The van der Waals surface area contributed by atoms with Crippen molar-refractivity contribution in [2.45, 2.75) is 19.5 Å². The van der Waals surface area contributed by atoms with Gasteiger partial charge in [-0.2, -0.15) is 13.2 Å². The summed E-state index contributed by atoms with van der Waals surface area (Å²) in [4.78, 5) is 17.4. The molecule has 0 aliphatic carbocycles. The van der Waals surface area contributed by atoms with Crippen molar-refractivity contribution in [2.24, 2.45) is 0 Å². The zero-order valence-corrected chi connectivity index (χ0v) is 14.5. The van der Waals surface area contributed by atoms with Gasteiger partial charge < -0.3 is 10.2 Å². The van der Waals surface area contributed by atoms with Crippen molar-refractivity contribution in [1.29, 1.82) is 0 Å². The lowest BCUT2D eigenvalue weighted by Gasteiger charge is -2.21. The molecule has 9 heteroatoms. The van der Waals surface area contributed by atoms with Crippen molar-refractivity contribution < 1.29 is 22.4 Å². The Hall–Kier alpha value is -2.35. The summed E-state index contributed by atoms with van der Waals surface area (Å²) in [7, 11) is 0. The van der Waals surface area contributed by atoms with Crippen LogP contribution in [-0.4, -0.2) is 24.0 Å². The van der Waals surface area contributed by atoms with Gasteiger partial charge in [-0.3, -0.25) is 4.79 Å². The Morgan fingerprint density at radius 1 is 1.27 bits per heavy atom. The van der Waals surface area contributed by atoms with Crippen molar-refractivity contribution in [1.82, 2.24) is 4.98 Å². The molecule has 0 bridgehead atoms. The average molecular weight is 390 g/mol. The number of halogens is 5. The predicted octanol–water partition coefficient (Wildman–Crippen LogP) is 4.75. The van der Waals surface area contributed by atoms with E-state index in [-0.39, 0.29) is 29.7 Å². The quantitative estimate of drug-likeness (QED) is 0.725. The molecule has 0 fully saturated rings. The normalized spacial score (nSPS) is 11.3. The lowest BCUT2D eigenvalue weighted by Crippen LogP contribution is -2.31. The fraction of sp³-hybridized carbons (Fsp3) is 0.294. The molecule has 0 saturated carbocycles. The minimum absolute atomic E-state index is 0.0598. The van der Waals surface area contributed by atoms with Gasteiger partial charge in [0, 0.05) is 31.4 Å². The highest BCUT2D eigenvalue weighted by atomic mass is 35.5. The number of pyridine rings is 1. The molecule has 4 nitrogen and oxygen atoms in total. The van der Waals surface area contributed by atoms with E-state index in [9.17, 15) is 22.4 Å². The molecular weight excluding hydrogens is 374 g/mol. The first kappa shape index (κ1) is 20.0. The van der Waals surface area contributed by atoms with Crippen LogP contribution in [0, 0.1) is 5.82 Å². The molecule has 0 aliphatic rings. The van der Waals surface area contributed by atoms with Gasteiger partial charge in [0.25, 0.3) is 0 Å². The summed E-state index contributed by atoms with van der Waals surface area (Å²) in [5.41, 5.74) is -0.387. The van der Waals surface area contributed by atoms with Gasteiger partial charge >= 0.3 is 6.18 Å². The van der Waals surface area contributed by atoms with E-state index >= 15 is 0 Å². The van der Waals surface area contributed by atoms with E-state index in [0.29, 0.717) is 18.4 Å². The zero-order valence-electron chi connectivity index (χ0n) is 13.8. The minimum atomic E-state index is -4.53. The van der Waals surface area contributed by atoms with Crippen LogP contribution < -0.4 is 10.2 Å². The van der Waals surface area contributed by atoms with Gasteiger partial charge in [0.1, 0.15) is 11.6 Å². The van der Waals surface area contributed by atoms with Crippen LogP contribution in [0.25, 0.3) is 0 Å². The van der Waals surface area contributed by atoms with Gasteiger partial charge in [-0.05, 0) is 37.3 Å². The molecule has 0 aliphatic heterocycles. The largest absolute Gasteiger partial charge is 0.417 e. The Labute approximate surface area is 152 Å². The number of hydrogen-bond donors (Lipinski definition) is 1. The van der Waals surface area contributed by atoms with Crippen LogP contribution in [0.4, 0.5) is 29.1 Å². The van der Waals surface area contributed by atoms with Gasteiger partial charge in [-0.15, -0.1) is 0 Å². The molecule has 2 aromatic rings. The molecule has 0 radical (unpaired) electrons. The van der Waals surface area contributed by atoms with E-state index < -0.39 is 17.6 Å². The number of carbonyl (C=O) groups excluding carboxylic acids is 1. The second kappa shape index (κ2) is 8.35. The summed E-state index contributed by atoms with van der Waals surface area (Å²) in [5, 5.41) is 2.56. The fourth-order valence-corrected chi connectivity index (χ4v) is 2.50. The molecule has 1 aromatic heterocycles. The van der Waals surface area contributed by atoms with Crippen molar-refractivity contribution >= 4 is 29.0 Å². The predicted molar refractivity (Wildman–Crippen MR) is 91.8 cm³/mol. The van der Waals surface area contributed by atoms with Crippen LogP contribution in [0.3, 0.4) is 0 Å². The van der Waals surface area contributed by atoms with Crippen LogP contribution in [0.1, 0.15) is 18.9 Å². The summed E-state index contributed by atoms with van der Waals surface area (Å²) >= 11 is 5.80. The van der Waals surface area contributed by atoms with Gasteiger partial charge in [0.15, 0.2) is 0 Å². The zero-order chi connectivity index (χ0) is 19.3. The standard InChI is InChI=1S/C17H16ClF4N3O/c1-2-25(13-5-3-12(19)4-6-13)15(26)7-8-23-16-14(18)9-11(10-24-16)17(20,21)22/h3-6,9-10H,2,7-8H2,1H3,(H,23,24). The number of carbonyl (C=O) groups is 1. The molecule has 0 saturated heterocycles. The van der Waals surface area contributed by atoms with Crippen molar-refractivity contribution in [2.75, 3.05) is 23.3 Å². The molecule has 0 unspecified atom stereocenters. The van der Waals surface area contributed by atoms with Gasteiger partial charge in [0.2, 0.25) is 5.91 Å². The Bertz CT molecular complexity index is 766. The van der Waals surface area contributed by atoms with Crippen LogP contribution in [-0.2, 0) is 11.0 Å². The first-order chi connectivity index (χ1) is 12.2. The summed E-state index contributed by atoms with van der Waals surface area (Å²) in [6.45, 7) is 2.31. The number of amides is 1. The summed E-state index contributed by atoms with van der Waals surface area (Å²) in [6, 6.07) is 6.29. The summed E-state index contributed by atoms with van der Waals surface area (Å²) in [5.74, 6) is -0.561. The van der Waals surface area contributed by atoms with Crippen LogP contribution in [0.15, 0.2) is 36.5 Å². The van der Waals surface area contributed by atoms with Crippen LogP contribution in [0.2, 0.25) is 5.02 Å². The molecule has 26 heavy (non-hydrogen) atoms. The van der Waals surface area contributed by atoms with Gasteiger partial charge in [-0.25, -0.2) is 9.37 Å². The van der Waals surface area contributed by atoms with Gasteiger partial charge in [-0.1, -0.05) is 11.6 Å². The van der Waals surface area contributed by atoms with Crippen LogP contribution in [0.5, 0.6) is 0 Å². The van der Waals surface area contributed by atoms with Crippen molar-refractivity contribution in [3.05, 3.63) is 52.9 Å². The molecule has 1 N–H and O–H groups in total. The van der Waals surface area contributed by atoms with Crippen LogP contribution >= 0.6 is 11.6 Å². The number of anilines is 2. The summed E-state index contributed by atoms with van der Waals surface area (Å²) in [6.07, 6.45) is -3.79. The number of rotatable bonds is 6. The molecule has 1 heterocycles. The number of aromatic nitrogens is 1. The van der Waals surface area contributed by atoms with E-state index in [1.807, 2.05) is 0 Å². The smallest absolute Gasteiger partial charge is 0.368 e. The lowest BCUT2D eigenvalue weighted by molar-refractivity contribution is -0.137. The first-order valence-electron chi connectivity index (χ1n) is 7.75. The maximum absolute atomic E-state index is 13.0. The first-order valence-corrected chi connectivity index (χ1v) is 8.12. The van der Waals surface area contributed by atoms with E-state index in [2.05, 4.69) is 10.3 Å². The third kappa shape index (κ3) is 5.08. The number of alkyl halides is 3. The maximum Gasteiger partial charge on any atom is 0.417 e. The highest BCUT2D eigenvalue weighted by Crippen LogP contribution is 2.32. The van der Waals surface area contributed by atoms with Crippen molar-refractivity contribution in [3.8, 4) is 0 Å². The molecule has 140 valence electrons. The molecule has 1 amide bonds. The summed E-state index contributed by atoms with van der Waals surface area (Å²) < 4.78 is 50.7. The topological polar surface area (TPSA) is 45.2 Å². The second-order valence-electron chi connectivity index (χ2n) is 5.34. The Morgan fingerprint density at radius 2 is 1.92 bits per heavy atom. The van der Waals surface area contributed by atoms with E-state index in [1.54, 1.807) is 6.92 Å². The van der Waals surface area contributed by atoms with E-state index in [0.717, 1.165) is 6.07 Å². The maximum atomic E-state index is 13.0. The highest BCUT2D eigenvalue weighted by molar-refractivity contribution is 6.33. The molecular formula is C17H16ClF4N3O.